The molecule has 4 aliphatic carbocycles. The fourth-order valence-electron chi connectivity index (χ4n) is 11.4. The first-order valence-electron chi connectivity index (χ1n) is 19.7. The maximum absolute atomic E-state index is 12.8. The van der Waals surface area contributed by atoms with Crippen molar-refractivity contribution >= 4 is 5.97 Å². The van der Waals surface area contributed by atoms with Crippen LogP contribution in [0.15, 0.2) is 0 Å². The second kappa shape index (κ2) is 17.3. The first-order valence-corrected chi connectivity index (χ1v) is 19.7. The van der Waals surface area contributed by atoms with Gasteiger partial charge in [-0.05, 0) is 151 Å². The van der Waals surface area contributed by atoms with Crippen molar-refractivity contribution in [3.63, 3.8) is 0 Å². The van der Waals surface area contributed by atoms with Crippen LogP contribution in [0.5, 0.6) is 0 Å². The summed E-state index contributed by atoms with van der Waals surface area (Å²) in [5, 5.41) is 23.9. The van der Waals surface area contributed by atoms with Crippen LogP contribution in [-0.4, -0.2) is 68.1 Å². The largest absolute Gasteiger partial charge is 0.462 e. The van der Waals surface area contributed by atoms with Crippen LogP contribution >= 0.6 is 0 Å². The van der Waals surface area contributed by atoms with Gasteiger partial charge in [-0.1, -0.05) is 53.9 Å². The molecule has 10 atom stereocenters. The third-order valence-corrected chi connectivity index (χ3v) is 13.8. The number of aliphatic hydroxyl groups is 1. The van der Waals surface area contributed by atoms with E-state index in [1.54, 1.807) is 0 Å². The van der Waals surface area contributed by atoms with Crippen LogP contribution in [0, 0.1) is 46.3 Å². The Morgan fingerprint density at radius 3 is 2.24 bits per heavy atom. The monoisotopic (exact) mass is 647 g/mol. The third kappa shape index (κ3) is 8.70. The molecule has 4 saturated carbocycles. The van der Waals surface area contributed by atoms with E-state index in [1.807, 2.05) is 0 Å². The van der Waals surface area contributed by atoms with E-state index >= 15 is 0 Å². The van der Waals surface area contributed by atoms with Crippen molar-refractivity contribution in [2.75, 3.05) is 39.3 Å². The van der Waals surface area contributed by atoms with Gasteiger partial charge in [0.1, 0.15) is 6.10 Å². The lowest BCUT2D eigenvalue weighted by Crippen LogP contribution is -2.71. The minimum atomic E-state index is -0.854. The Morgan fingerprint density at radius 1 is 0.870 bits per heavy atom. The van der Waals surface area contributed by atoms with Crippen LogP contribution < -0.4 is 21.7 Å². The van der Waals surface area contributed by atoms with E-state index in [0.717, 1.165) is 95.0 Å². The molecule has 0 aromatic heterocycles. The summed E-state index contributed by atoms with van der Waals surface area (Å²) < 4.78 is 5.78. The summed E-state index contributed by atoms with van der Waals surface area (Å²) in [6.07, 6.45) is 17.1. The molecule has 7 nitrogen and oxygen atoms in total. The molecule has 7 heteroatoms. The number of rotatable bonds is 19. The molecular weight excluding hydrogens is 572 g/mol. The molecule has 0 radical (unpaired) electrons. The highest BCUT2D eigenvalue weighted by atomic mass is 16.5. The Bertz CT molecular complexity index is 933. The van der Waals surface area contributed by atoms with E-state index in [1.165, 1.54) is 64.7 Å². The average molecular weight is 647 g/mol. The molecule has 0 aromatic rings. The van der Waals surface area contributed by atoms with Gasteiger partial charge in [0, 0.05) is 24.8 Å². The van der Waals surface area contributed by atoms with Crippen molar-refractivity contribution in [3.8, 4) is 0 Å². The summed E-state index contributed by atoms with van der Waals surface area (Å²) in [6, 6.07) is 0.0431. The van der Waals surface area contributed by atoms with Gasteiger partial charge >= 0.3 is 5.97 Å². The molecule has 4 aliphatic rings. The highest BCUT2D eigenvalue weighted by Gasteiger charge is 2.67. The normalized spacial score (nSPS) is 37.8. The number of nitrogens with one attached hydrogen (secondary N) is 3. The molecular formula is C39H74N4O3. The average Bonchev–Trinajstić information content (AvgIpc) is 3.35. The Hall–Kier alpha value is -0.730. The van der Waals surface area contributed by atoms with Crippen molar-refractivity contribution in [1.82, 2.24) is 16.0 Å². The maximum atomic E-state index is 12.8. The minimum absolute atomic E-state index is 0.0431. The molecule has 4 rings (SSSR count). The van der Waals surface area contributed by atoms with Crippen molar-refractivity contribution < 1.29 is 14.6 Å². The van der Waals surface area contributed by atoms with E-state index in [-0.39, 0.29) is 23.5 Å². The highest BCUT2D eigenvalue weighted by Crippen LogP contribution is 2.69. The number of ether oxygens (including phenoxy) is 1. The Labute approximate surface area is 283 Å². The van der Waals surface area contributed by atoms with Gasteiger partial charge in [0.2, 0.25) is 0 Å². The second-order valence-corrected chi connectivity index (χ2v) is 17.2. The van der Waals surface area contributed by atoms with Crippen molar-refractivity contribution in [1.29, 1.82) is 0 Å². The zero-order chi connectivity index (χ0) is 33.4. The fraction of sp³-hybridized carbons (Fsp3) is 0.974. The molecule has 0 amide bonds. The lowest BCUT2D eigenvalue weighted by Gasteiger charge is -2.66. The molecule has 268 valence electrons. The van der Waals surface area contributed by atoms with E-state index in [0.29, 0.717) is 23.7 Å². The Kier molecular flexibility index (Phi) is 14.3. The van der Waals surface area contributed by atoms with Crippen LogP contribution in [0.3, 0.4) is 0 Å². The standard InChI is InChI=1S/C39H74N4O3/c1-28(2)12-9-13-29(3)33-14-15-34-32-26-36(43-25-11-24-42-22-8-7-21-41-23-10-20-40)39(45)27-31(46-30(4)44)16-19-38(39,6)35(32)17-18-37(33,34)5/h28-29,31-36,41-43,45H,7-27,40H2,1-6H3/t29-,31?,32+,33-,34+,35+,36?,37-,38-,39+/m1/s1. The predicted molar refractivity (Wildman–Crippen MR) is 191 cm³/mol. The lowest BCUT2D eigenvalue weighted by atomic mass is 9.42. The first kappa shape index (κ1) is 38.1. The molecule has 6 N–H and O–H groups in total. The quantitative estimate of drug-likeness (QED) is 0.0814. The summed E-state index contributed by atoms with van der Waals surface area (Å²) in [7, 11) is 0. The number of nitrogens with two attached hydrogens (primary N) is 1. The molecule has 0 aromatic carbocycles. The van der Waals surface area contributed by atoms with Crippen LogP contribution in [0.4, 0.5) is 0 Å². The summed E-state index contributed by atoms with van der Waals surface area (Å²) in [4.78, 5) is 12.0. The van der Waals surface area contributed by atoms with E-state index in [4.69, 9.17) is 10.5 Å². The Morgan fingerprint density at radius 2 is 1.57 bits per heavy atom. The van der Waals surface area contributed by atoms with Crippen molar-refractivity contribution in [2.24, 2.45) is 52.1 Å². The van der Waals surface area contributed by atoms with Gasteiger partial charge in [0.05, 0.1) is 5.60 Å². The van der Waals surface area contributed by atoms with Crippen LogP contribution in [0.2, 0.25) is 0 Å². The van der Waals surface area contributed by atoms with E-state index in [9.17, 15) is 9.90 Å². The van der Waals surface area contributed by atoms with Gasteiger partial charge in [-0.2, -0.15) is 0 Å². The van der Waals surface area contributed by atoms with E-state index in [2.05, 4.69) is 50.6 Å². The molecule has 4 fully saturated rings. The van der Waals surface area contributed by atoms with Crippen molar-refractivity contribution in [2.45, 2.75) is 156 Å². The van der Waals surface area contributed by atoms with Crippen molar-refractivity contribution in [3.05, 3.63) is 0 Å². The van der Waals surface area contributed by atoms with Crippen LogP contribution in [-0.2, 0) is 9.53 Å². The van der Waals surface area contributed by atoms with Gasteiger partial charge in [-0.3, -0.25) is 4.79 Å². The zero-order valence-electron chi connectivity index (χ0n) is 30.8. The van der Waals surface area contributed by atoms with Gasteiger partial charge in [0.25, 0.3) is 0 Å². The molecule has 46 heavy (non-hydrogen) atoms. The first-order chi connectivity index (χ1) is 22.0. The third-order valence-electron chi connectivity index (χ3n) is 13.8. The Balaban J connectivity index is 1.39. The SMILES string of the molecule is CC(=O)OC1CC[C@]2(C)[C@H]3CC[C@]4(C)[C@@H]([C@H](C)CCCC(C)C)CC[C@H]4[C@@H]3CC(NCCCNCCCCNCCCN)[C@@]2(O)C1. The summed E-state index contributed by atoms with van der Waals surface area (Å²) >= 11 is 0. The van der Waals surface area contributed by atoms with Gasteiger partial charge < -0.3 is 31.5 Å². The van der Waals surface area contributed by atoms with Crippen LogP contribution in [0.25, 0.3) is 0 Å². The maximum Gasteiger partial charge on any atom is 0.302 e. The van der Waals surface area contributed by atoms with E-state index < -0.39 is 5.60 Å². The predicted octanol–water partition coefficient (Wildman–Crippen LogP) is 6.42. The van der Waals surface area contributed by atoms with Gasteiger partial charge in [-0.15, -0.1) is 0 Å². The second-order valence-electron chi connectivity index (χ2n) is 17.2. The number of hydrogen-bond acceptors (Lipinski definition) is 7. The smallest absolute Gasteiger partial charge is 0.302 e. The summed E-state index contributed by atoms with van der Waals surface area (Å²) in [5.41, 5.74) is 4.99. The number of fused-ring (bicyclic) bond motifs is 5. The number of hydrogen-bond donors (Lipinski definition) is 5. The lowest BCUT2D eigenvalue weighted by molar-refractivity contribution is -0.237. The fourth-order valence-corrected chi connectivity index (χ4v) is 11.4. The van der Waals surface area contributed by atoms with Crippen LogP contribution in [0.1, 0.15) is 138 Å². The number of unbranched alkanes of at least 4 members (excludes halogenated alkanes) is 1. The number of carbonyl (C=O) groups excluding carboxylic acids is 1. The molecule has 0 heterocycles. The minimum Gasteiger partial charge on any atom is -0.462 e. The molecule has 0 saturated heterocycles. The number of esters is 1. The summed E-state index contributed by atoms with van der Waals surface area (Å²) in [5.74, 6) is 4.18. The highest BCUT2D eigenvalue weighted by molar-refractivity contribution is 5.66. The molecule has 0 bridgehead atoms. The molecule has 2 unspecified atom stereocenters. The molecule has 0 aliphatic heterocycles. The zero-order valence-corrected chi connectivity index (χ0v) is 30.8. The topological polar surface area (TPSA) is 109 Å². The van der Waals surface area contributed by atoms with Gasteiger partial charge in [0.15, 0.2) is 0 Å². The molecule has 0 spiro atoms. The number of carbonyl (C=O) groups is 1. The summed E-state index contributed by atoms with van der Waals surface area (Å²) in [6.45, 7) is 19.7. The van der Waals surface area contributed by atoms with Gasteiger partial charge in [-0.25, -0.2) is 0 Å².